The molecule has 1 N–H and O–H groups in total. The number of hydrogen-bond acceptors (Lipinski definition) is 2. The Bertz CT molecular complexity index is 317. The van der Waals surface area contributed by atoms with Crippen molar-refractivity contribution < 1.29 is 8.42 Å². The lowest BCUT2D eigenvalue weighted by Gasteiger charge is -2.18. The minimum absolute atomic E-state index is 0.0376. The topological polar surface area (TPSA) is 46.2 Å². The number of alkyl halides is 1. The molecule has 0 aromatic carbocycles. The molecule has 0 radical (unpaired) electrons. The molecule has 0 aromatic heterocycles. The van der Waals surface area contributed by atoms with Crippen molar-refractivity contribution in [1.29, 1.82) is 0 Å². The number of sulfonamides is 1. The van der Waals surface area contributed by atoms with Crippen LogP contribution in [-0.4, -0.2) is 26.1 Å². The maximum atomic E-state index is 11.7. The molecular weight excluding hydrogens is 246 g/mol. The fourth-order valence-electron chi connectivity index (χ4n) is 1.34. The van der Waals surface area contributed by atoms with Gasteiger partial charge in [-0.05, 0) is 30.6 Å². The van der Waals surface area contributed by atoms with Crippen LogP contribution in [0.15, 0.2) is 0 Å². The van der Waals surface area contributed by atoms with Gasteiger partial charge in [-0.1, -0.05) is 20.8 Å². The summed E-state index contributed by atoms with van der Waals surface area (Å²) in [5, 5.41) is -0.0376. The van der Waals surface area contributed by atoms with Gasteiger partial charge in [0.1, 0.15) is 0 Å². The van der Waals surface area contributed by atoms with E-state index in [1.807, 2.05) is 20.8 Å². The van der Waals surface area contributed by atoms with Crippen molar-refractivity contribution >= 4 is 21.6 Å². The largest absolute Gasteiger partial charge is 0.214 e. The van der Waals surface area contributed by atoms with E-state index >= 15 is 0 Å². The molecule has 5 heteroatoms. The van der Waals surface area contributed by atoms with Gasteiger partial charge in [-0.3, -0.25) is 0 Å². The van der Waals surface area contributed by atoms with Crippen LogP contribution in [-0.2, 0) is 10.0 Å². The first-order valence-corrected chi connectivity index (χ1v) is 7.90. The highest BCUT2D eigenvalue weighted by atomic mass is 35.5. The molecule has 1 fully saturated rings. The van der Waals surface area contributed by atoms with Gasteiger partial charge in [0.25, 0.3) is 0 Å². The van der Waals surface area contributed by atoms with Crippen LogP contribution in [0.5, 0.6) is 0 Å². The van der Waals surface area contributed by atoms with Gasteiger partial charge in [-0.25, -0.2) is 13.1 Å². The summed E-state index contributed by atoms with van der Waals surface area (Å²) in [6.07, 6.45) is 2.94. The Hall–Kier alpha value is 0.200. The molecule has 1 rings (SSSR count). The Morgan fingerprint density at radius 1 is 1.38 bits per heavy atom. The van der Waals surface area contributed by atoms with Gasteiger partial charge in [-0.15, -0.1) is 11.6 Å². The van der Waals surface area contributed by atoms with Crippen LogP contribution in [0.3, 0.4) is 0 Å². The van der Waals surface area contributed by atoms with E-state index in [0.717, 1.165) is 12.8 Å². The number of nitrogens with one attached hydrogen (secondary N) is 1. The van der Waals surface area contributed by atoms with E-state index in [1.165, 1.54) is 0 Å². The van der Waals surface area contributed by atoms with Crippen molar-refractivity contribution in [2.24, 2.45) is 11.3 Å². The molecule has 0 bridgehead atoms. The molecule has 1 saturated carbocycles. The van der Waals surface area contributed by atoms with Gasteiger partial charge in [0.15, 0.2) is 0 Å². The first-order valence-electron chi connectivity index (χ1n) is 5.81. The standard InChI is InChI=1S/C11H22ClNO2S/c1-11(2,3)6-7-16(14,15)13-8-10(12)9-4-5-9/h9-10,13H,4-8H2,1-3H3. The molecule has 0 aliphatic heterocycles. The molecule has 0 spiro atoms. The van der Waals surface area contributed by atoms with Crippen molar-refractivity contribution in [2.75, 3.05) is 12.3 Å². The van der Waals surface area contributed by atoms with Crippen LogP contribution in [0.4, 0.5) is 0 Å². The molecule has 0 aromatic rings. The average Bonchev–Trinajstić information content (AvgIpc) is 2.93. The average molecular weight is 268 g/mol. The fourth-order valence-corrected chi connectivity index (χ4v) is 3.22. The SMILES string of the molecule is CC(C)(C)CCS(=O)(=O)NCC(Cl)C1CC1. The van der Waals surface area contributed by atoms with Crippen LogP contribution >= 0.6 is 11.6 Å². The summed E-state index contributed by atoms with van der Waals surface area (Å²) in [5.74, 6) is 0.706. The minimum atomic E-state index is -3.15. The van der Waals surface area contributed by atoms with E-state index in [1.54, 1.807) is 0 Å². The third-order valence-electron chi connectivity index (χ3n) is 2.75. The monoisotopic (exact) mass is 267 g/mol. The second kappa shape index (κ2) is 5.23. The summed E-state index contributed by atoms with van der Waals surface area (Å²) in [7, 11) is -3.15. The Morgan fingerprint density at radius 2 is 1.94 bits per heavy atom. The molecule has 96 valence electrons. The van der Waals surface area contributed by atoms with Crippen LogP contribution in [0, 0.1) is 11.3 Å². The molecule has 16 heavy (non-hydrogen) atoms. The first-order chi connectivity index (χ1) is 7.20. The van der Waals surface area contributed by atoms with Crippen LogP contribution in [0.25, 0.3) is 0 Å². The normalized spacial score (nSPS) is 19.8. The number of hydrogen-bond donors (Lipinski definition) is 1. The maximum absolute atomic E-state index is 11.7. The van der Waals surface area contributed by atoms with Gasteiger partial charge >= 0.3 is 0 Å². The Labute approximate surface area is 104 Å². The lowest BCUT2D eigenvalue weighted by Crippen LogP contribution is -2.33. The van der Waals surface area contributed by atoms with E-state index < -0.39 is 10.0 Å². The van der Waals surface area contributed by atoms with Crippen molar-refractivity contribution in [1.82, 2.24) is 4.72 Å². The second-order valence-corrected chi connectivity index (χ2v) is 8.32. The summed E-state index contributed by atoms with van der Waals surface area (Å²) < 4.78 is 25.9. The zero-order valence-electron chi connectivity index (χ0n) is 10.3. The maximum Gasteiger partial charge on any atom is 0.211 e. The van der Waals surface area contributed by atoms with Crippen molar-refractivity contribution in [3.8, 4) is 0 Å². The van der Waals surface area contributed by atoms with Crippen LogP contribution in [0.1, 0.15) is 40.0 Å². The Kier molecular flexibility index (Phi) is 4.66. The van der Waals surface area contributed by atoms with E-state index in [-0.39, 0.29) is 16.5 Å². The number of rotatable bonds is 6. The molecule has 1 aliphatic carbocycles. The molecular formula is C11H22ClNO2S. The van der Waals surface area contributed by atoms with Crippen LogP contribution < -0.4 is 4.72 Å². The zero-order valence-corrected chi connectivity index (χ0v) is 11.9. The van der Waals surface area contributed by atoms with Crippen LogP contribution in [0.2, 0.25) is 0 Å². The third kappa shape index (κ3) is 6.06. The summed E-state index contributed by atoms with van der Waals surface area (Å²) in [6, 6.07) is 0. The van der Waals surface area contributed by atoms with Crippen molar-refractivity contribution in [3.63, 3.8) is 0 Å². The summed E-state index contributed by atoms with van der Waals surface area (Å²) in [5.41, 5.74) is 0.0472. The number of halogens is 1. The molecule has 1 unspecified atom stereocenters. The van der Waals surface area contributed by atoms with E-state index in [0.29, 0.717) is 18.9 Å². The summed E-state index contributed by atoms with van der Waals surface area (Å²) >= 11 is 6.05. The Balaban J connectivity index is 2.28. The van der Waals surface area contributed by atoms with Crippen molar-refractivity contribution in [3.05, 3.63) is 0 Å². The van der Waals surface area contributed by atoms with Gasteiger partial charge in [0, 0.05) is 11.9 Å². The minimum Gasteiger partial charge on any atom is -0.214 e. The highest BCUT2D eigenvalue weighted by molar-refractivity contribution is 7.89. The van der Waals surface area contributed by atoms with E-state index in [2.05, 4.69) is 4.72 Å². The van der Waals surface area contributed by atoms with Gasteiger partial charge in [0.05, 0.1) is 5.75 Å². The van der Waals surface area contributed by atoms with Gasteiger partial charge < -0.3 is 0 Å². The highest BCUT2D eigenvalue weighted by Gasteiger charge is 2.30. The highest BCUT2D eigenvalue weighted by Crippen LogP contribution is 2.35. The molecule has 1 atom stereocenters. The van der Waals surface area contributed by atoms with Gasteiger partial charge in [-0.2, -0.15) is 0 Å². The van der Waals surface area contributed by atoms with Gasteiger partial charge in [0.2, 0.25) is 10.0 Å². The third-order valence-corrected chi connectivity index (χ3v) is 4.61. The van der Waals surface area contributed by atoms with Crippen molar-refractivity contribution in [2.45, 2.75) is 45.4 Å². The lowest BCUT2D eigenvalue weighted by atomic mass is 9.94. The second-order valence-electron chi connectivity index (χ2n) is 5.83. The molecule has 3 nitrogen and oxygen atoms in total. The zero-order chi connectivity index (χ0) is 12.4. The quantitative estimate of drug-likeness (QED) is 0.751. The first kappa shape index (κ1) is 14.3. The summed E-state index contributed by atoms with van der Waals surface area (Å²) in [6.45, 7) is 6.49. The Morgan fingerprint density at radius 3 is 2.38 bits per heavy atom. The summed E-state index contributed by atoms with van der Waals surface area (Å²) in [4.78, 5) is 0. The predicted molar refractivity (Wildman–Crippen MR) is 68.2 cm³/mol. The molecule has 0 amide bonds. The molecule has 0 saturated heterocycles. The van der Waals surface area contributed by atoms with E-state index in [4.69, 9.17) is 11.6 Å². The molecule has 0 heterocycles. The lowest BCUT2D eigenvalue weighted by molar-refractivity contribution is 0.396. The predicted octanol–water partition coefficient (Wildman–Crippen LogP) is 2.36. The molecule has 1 aliphatic rings. The van der Waals surface area contributed by atoms with E-state index in [9.17, 15) is 8.42 Å². The smallest absolute Gasteiger partial charge is 0.211 e. The fraction of sp³-hybridized carbons (Fsp3) is 1.00.